The van der Waals surface area contributed by atoms with Crippen LogP contribution >= 0.6 is 7.82 Å². The van der Waals surface area contributed by atoms with Crippen molar-refractivity contribution in [3.63, 3.8) is 0 Å². The molecule has 1 amide bonds. The van der Waals surface area contributed by atoms with E-state index in [1.54, 1.807) is 6.08 Å². The zero-order chi connectivity index (χ0) is 55.6. The molecule has 0 aliphatic heterocycles. The van der Waals surface area contributed by atoms with Gasteiger partial charge in [-0.15, -0.1) is 0 Å². The molecule has 0 aromatic rings. The fourth-order valence-electron chi connectivity index (χ4n) is 8.09. The van der Waals surface area contributed by atoms with Crippen molar-refractivity contribution in [1.82, 2.24) is 5.32 Å². The minimum absolute atomic E-state index is 0.0462. The number of phosphoric acid groups is 1. The lowest BCUT2D eigenvalue weighted by atomic mass is 10.0. The third-order valence-electron chi connectivity index (χ3n) is 12.8. The summed E-state index contributed by atoms with van der Waals surface area (Å²) in [7, 11) is 1.53. The fourth-order valence-corrected chi connectivity index (χ4v) is 8.82. The molecule has 434 valence electrons. The van der Waals surface area contributed by atoms with Crippen molar-refractivity contribution in [1.29, 1.82) is 0 Å². The van der Waals surface area contributed by atoms with Crippen LogP contribution in [0.15, 0.2) is 134 Å². The van der Waals surface area contributed by atoms with Crippen LogP contribution in [0.2, 0.25) is 0 Å². The lowest BCUT2D eigenvalue weighted by Crippen LogP contribution is -2.45. The van der Waals surface area contributed by atoms with Crippen molar-refractivity contribution >= 4 is 13.7 Å². The summed E-state index contributed by atoms with van der Waals surface area (Å²) in [5.74, 6) is -0.201. The normalized spacial score (nSPS) is 14.8. The molecule has 76 heavy (non-hydrogen) atoms. The van der Waals surface area contributed by atoms with Gasteiger partial charge in [-0.3, -0.25) is 13.8 Å². The second kappa shape index (κ2) is 56.4. The number of phosphoric ester groups is 1. The first-order valence-corrected chi connectivity index (χ1v) is 32.1. The highest BCUT2D eigenvalue weighted by atomic mass is 31.2. The van der Waals surface area contributed by atoms with Gasteiger partial charge < -0.3 is 19.8 Å². The van der Waals surface area contributed by atoms with Crippen LogP contribution in [-0.4, -0.2) is 73.4 Å². The van der Waals surface area contributed by atoms with Crippen LogP contribution in [0.3, 0.4) is 0 Å². The standard InChI is InChI=1S/C67H115N2O6P/c1-6-8-10-12-14-16-18-20-22-24-26-27-28-29-30-31-32-33-34-35-36-37-38-39-40-41-43-45-47-49-51-53-55-57-59-61-67(71)68-65(64-75-76(72,73)74-63-62-69(3,4)5)66(70)60-58-56-54-52-50-48-46-44-42-25-23-21-19-17-15-13-11-9-7-2/h8,10,14,16,20,22,26-27,29-30,32-33,35-36,38-39,42,44,50,52,58,60,65-66,70H,6-7,9,11-13,15,17-19,21,23-25,28,31,34,37,40-41,43,45-49,51,53-57,59,61-64H2,1-5H3,(H-,68,71,72,73)/p+1/b10-8-,16-14-,22-20-,27-26-,30-29-,33-32-,36-35-,39-38-,44-42+,52-50+,60-58+. The average Bonchev–Trinajstić information content (AvgIpc) is 3.38. The molecule has 0 bridgehead atoms. The van der Waals surface area contributed by atoms with Gasteiger partial charge in [-0.1, -0.05) is 250 Å². The summed E-state index contributed by atoms with van der Waals surface area (Å²) in [6, 6.07) is -0.882. The molecule has 0 aromatic heterocycles. The molecule has 0 fully saturated rings. The highest BCUT2D eigenvalue weighted by molar-refractivity contribution is 7.47. The van der Waals surface area contributed by atoms with Gasteiger partial charge in [0.25, 0.3) is 0 Å². The van der Waals surface area contributed by atoms with Gasteiger partial charge in [-0.2, -0.15) is 0 Å². The second-order valence-electron chi connectivity index (χ2n) is 21.3. The van der Waals surface area contributed by atoms with Crippen LogP contribution in [0.1, 0.15) is 232 Å². The number of nitrogens with one attached hydrogen (secondary N) is 1. The van der Waals surface area contributed by atoms with Gasteiger partial charge in [0.15, 0.2) is 0 Å². The average molecular weight is 1080 g/mol. The molecule has 0 spiro atoms. The third kappa shape index (κ3) is 58.3. The van der Waals surface area contributed by atoms with Crippen molar-refractivity contribution < 1.29 is 32.9 Å². The predicted molar refractivity (Wildman–Crippen MR) is 331 cm³/mol. The number of unbranched alkanes of at least 4 members (excludes halogenated alkanes) is 21. The maximum Gasteiger partial charge on any atom is 0.472 e. The third-order valence-corrected chi connectivity index (χ3v) is 13.8. The van der Waals surface area contributed by atoms with Gasteiger partial charge in [-0.25, -0.2) is 4.57 Å². The van der Waals surface area contributed by atoms with Crippen LogP contribution < -0.4 is 5.32 Å². The van der Waals surface area contributed by atoms with Crippen LogP contribution in [-0.2, 0) is 18.4 Å². The number of rotatable bonds is 54. The highest BCUT2D eigenvalue weighted by Crippen LogP contribution is 2.43. The quantitative estimate of drug-likeness (QED) is 0.0243. The maximum absolute atomic E-state index is 13.0. The molecule has 0 saturated carbocycles. The van der Waals surface area contributed by atoms with E-state index in [2.05, 4.69) is 141 Å². The number of carbonyl (C=O) groups is 1. The Kier molecular flexibility index (Phi) is 53.9. The zero-order valence-corrected chi connectivity index (χ0v) is 50.3. The summed E-state index contributed by atoms with van der Waals surface area (Å²) in [6.45, 7) is 4.66. The van der Waals surface area contributed by atoms with Crippen LogP contribution in [0, 0.1) is 0 Å². The first-order chi connectivity index (χ1) is 37.0. The molecular weight excluding hydrogens is 960 g/mol. The Morgan fingerprint density at radius 1 is 0.461 bits per heavy atom. The van der Waals surface area contributed by atoms with E-state index in [9.17, 15) is 19.4 Å². The van der Waals surface area contributed by atoms with E-state index in [1.807, 2.05) is 27.2 Å². The summed E-state index contributed by atoms with van der Waals surface area (Å²) in [4.78, 5) is 23.3. The number of amides is 1. The Balaban J connectivity index is 4.23. The SMILES string of the molecule is CC/C=C\C/C=C\C/C=C\C/C=C\C/C=C\C/C=C\C/C=C\C/C=C\CCCCCCCCCCCCC(=O)NC(COP(=O)(O)OCC[N+](C)(C)C)C(O)/C=C/CC/C=C/CC/C=C/CCCCCCCCCCC. The molecule has 8 nitrogen and oxygen atoms in total. The molecule has 0 saturated heterocycles. The van der Waals surface area contributed by atoms with Gasteiger partial charge in [0.05, 0.1) is 39.9 Å². The number of quaternary nitrogens is 1. The minimum atomic E-state index is -4.37. The largest absolute Gasteiger partial charge is 0.472 e. The second-order valence-corrected chi connectivity index (χ2v) is 22.8. The van der Waals surface area contributed by atoms with E-state index in [1.165, 1.54) is 109 Å². The fraction of sp³-hybridized carbons (Fsp3) is 0.657. The van der Waals surface area contributed by atoms with Crippen molar-refractivity contribution in [3.8, 4) is 0 Å². The first kappa shape index (κ1) is 72.6. The number of allylic oxidation sites excluding steroid dienone is 21. The lowest BCUT2D eigenvalue weighted by Gasteiger charge is -2.25. The molecule has 0 aliphatic rings. The number of aliphatic hydroxyl groups excluding tert-OH is 1. The molecule has 0 radical (unpaired) electrons. The molecule has 3 atom stereocenters. The Hall–Kier alpha value is -3.36. The van der Waals surface area contributed by atoms with Crippen LogP contribution in [0.25, 0.3) is 0 Å². The zero-order valence-electron chi connectivity index (χ0n) is 49.4. The molecule has 9 heteroatoms. The number of hydrogen-bond acceptors (Lipinski definition) is 5. The highest BCUT2D eigenvalue weighted by Gasteiger charge is 2.27. The Bertz CT molecular complexity index is 1700. The van der Waals surface area contributed by atoms with Crippen molar-refractivity contribution in [2.75, 3.05) is 40.9 Å². The van der Waals surface area contributed by atoms with E-state index >= 15 is 0 Å². The monoisotopic (exact) mass is 1080 g/mol. The summed E-state index contributed by atoms with van der Waals surface area (Å²) in [5, 5.41) is 13.9. The lowest BCUT2D eigenvalue weighted by molar-refractivity contribution is -0.870. The molecular formula is C67H116N2O6P+. The minimum Gasteiger partial charge on any atom is -0.387 e. The van der Waals surface area contributed by atoms with E-state index in [4.69, 9.17) is 9.05 Å². The van der Waals surface area contributed by atoms with E-state index in [0.717, 1.165) is 103 Å². The topological polar surface area (TPSA) is 105 Å². The molecule has 0 aliphatic carbocycles. The molecule has 3 N–H and O–H groups in total. The van der Waals surface area contributed by atoms with Gasteiger partial charge in [0, 0.05) is 6.42 Å². The summed E-state index contributed by atoms with van der Waals surface area (Å²) in [5.41, 5.74) is 0. The van der Waals surface area contributed by atoms with Gasteiger partial charge in [-0.05, 0) is 109 Å². The number of nitrogens with zero attached hydrogens (tertiary/aromatic N) is 1. The molecule has 0 rings (SSSR count). The maximum atomic E-state index is 13.0. The van der Waals surface area contributed by atoms with Crippen molar-refractivity contribution in [2.24, 2.45) is 0 Å². The molecule has 3 unspecified atom stereocenters. The van der Waals surface area contributed by atoms with Gasteiger partial charge in [0.1, 0.15) is 13.2 Å². The number of carbonyl (C=O) groups excluding carboxylic acids is 1. The molecule has 0 aromatic carbocycles. The van der Waals surface area contributed by atoms with Gasteiger partial charge in [0.2, 0.25) is 5.91 Å². The Morgan fingerprint density at radius 2 is 0.803 bits per heavy atom. The number of hydrogen-bond donors (Lipinski definition) is 3. The number of likely N-dealkylation sites (N-methyl/N-ethyl adjacent to an activating group) is 1. The summed E-state index contributed by atoms with van der Waals surface area (Å²) >= 11 is 0. The van der Waals surface area contributed by atoms with Crippen molar-refractivity contribution in [3.05, 3.63) is 134 Å². The Morgan fingerprint density at radius 3 is 1.21 bits per heavy atom. The van der Waals surface area contributed by atoms with E-state index in [-0.39, 0.29) is 19.1 Å². The molecule has 0 heterocycles. The smallest absolute Gasteiger partial charge is 0.387 e. The number of aliphatic hydroxyl groups is 1. The van der Waals surface area contributed by atoms with Crippen LogP contribution in [0.5, 0.6) is 0 Å². The predicted octanol–water partition coefficient (Wildman–Crippen LogP) is 19.1. The first-order valence-electron chi connectivity index (χ1n) is 30.6. The van der Waals surface area contributed by atoms with Crippen LogP contribution in [0.4, 0.5) is 0 Å². The summed E-state index contributed by atoms with van der Waals surface area (Å²) in [6.07, 6.45) is 85.6. The van der Waals surface area contributed by atoms with E-state index < -0.39 is 20.0 Å². The van der Waals surface area contributed by atoms with E-state index in [0.29, 0.717) is 17.4 Å². The Labute approximate surface area is 468 Å². The van der Waals surface area contributed by atoms with Gasteiger partial charge >= 0.3 is 7.82 Å². The summed E-state index contributed by atoms with van der Waals surface area (Å²) < 4.78 is 23.7. The van der Waals surface area contributed by atoms with Crippen molar-refractivity contribution in [2.45, 2.75) is 244 Å².